The lowest BCUT2D eigenvalue weighted by Crippen LogP contribution is -2.40. The van der Waals surface area contributed by atoms with Crippen molar-refractivity contribution in [3.8, 4) is 5.69 Å². The van der Waals surface area contributed by atoms with Gasteiger partial charge in [-0.05, 0) is 29.8 Å². The van der Waals surface area contributed by atoms with Crippen molar-refractivity contribution >= 4 is 22.5 Å². The molecule has 2 heterocycles. The van der Waals surface area contributed by atoms with Crippen molar-refractivity contribution in [3.63, 3.8) is 0 Å². The Hall–Kier alpha value is -4.27. The van der Waals surface area contributed by atoms with Gasteiger partial charge in [0.25, 0.3) is 11.2 Å². The highest BCUT2D eigenvalue weighted by molar-refractivity contribution is 5.77. The molecule has 0 saturated heterocycles. The Labute approximate surface area is 163 Å². The van der Waals surface area contributed by atoms with E-state index in [2.05, 4.69) is 4.98 Å². The lowest BCUT2D eigenvalue weighted by atomic mass is 10.2. The number of hydrogen-bond donors (Lipinski definition) is 1. The number of non-ortho nitro benzene ring substituents is 1. The van der Waals surface area contributed by atoms with Crippen molar-refractivity contribution in [1.29, 1.82) is 0 Å². The Bertz CT molecular complexity index is 1340. The van der Waals surface area contributed by atoms with Crippen LogP contribution in [0.1, 0.15) is 5.56 Å². The van der Waals surface area contributed by atoms with Crippen molar-refractivity contribution in [2.24, 2.45) is 0 Å². The molecular weight excluding hydrogens is 374 g/mol. The van der Waals surface area contributed by atoms with Crippen LogP contribution >= 0.6 is 0 Å². The van der Waals surface area contributed by atoms with Crippen molar-refractivity contribution in [3.05, 3.63) is 103 Å². The summed E-state index contributed by atoms with van der Waals surface area (Å²) in [7, 11) is 0. The van der Waals surface area contributed by atoms with Crippen LogP contribution in [0.4, 0.5) is 11.5 Å². The number of hydrogen-bond acceptors (Lipinski definition) is 6. The summed E-state index contributed by atoms with van der Waals surface area (Å²) in [5.41, 5.74) is 5.92. The molecule has 9 nitrogen and oxygen atoms in total. The molecule has 29 heavy (non-hydrogen) atoms. The second-order valence-electron chi connectivity index (χ2n) is 6.38. The Kier molecular flexibility index (Phi) is 4.40. The summed E-state index contributed by atoms with van der Waals surface area (Å²) < 4.78 is 2.41. The van der Waals surface area contributed by atoms with Gasteiger partial charge in [-0.3, -0.25) is 19.5 Å². The fourth-order valence-corrected chi connectivity index (χ4v) is 3.10. The normalized spacial score (nSPS) is 10.9. The highest BCUT2D eigenvalue weighted by atomic mass is 16.6. The number of nitrogens with zero attached hydrogens (tertiary/aromatic N) is 4. The summed E-state index contributed by atoms with van der Waals surface area (Å²) in [6.45, 7) is -0.0389. The summed E-state index contributed by atoms with van der Waals surface area (Å²) in [6, 6.07) is 17.5. The molecule has 0 aliphatic carbocycles. The molecule has 0 bridgehead atoms. The van der Waals surface area contributed by atoms with Gasteiger partial charge < -0.3 is 5.73 Å². The third-order valence-corrected chi connectivity index (χ3v) is 4.51. The molecule has 2 aromatic carbocycles. The van der Waals surface area contributed by atoms with Crippen LogP contribution in [-0.4, -0.2) is 19.0 Å². The van der Waals surface area contributed by atoms with Crippen LogP contribution in [0, 0.1) is 10.1 Å². The van der Waals surface area contributed by atoms with Gasteiger partial charge in [-0.25, -0.2) is 14.3 Å². The van der Waals surface area contributed by atoms with Crippen molar-refractivity contribution in [2.75, 3.05) is 5.73 Å². The monoisotopic (exact) mass is 389 g/mol. The van der Waals surface area contributed by atoms with Gasteiger partial charge in [0, 0.05) is 12.1 Å². The average molecular weight is 389 g/mol. The number of benzene rings is 2. The molecule has 0 aliphatic rings. The van der Waals surface area contributed by atoms with E-state index in [9.17, 15) is 19.7 Å². The predicted octanol–water partition coefficient (Wildman–Crippen LogP) is 2.09. The maximum atomic E-state index is 13.2. The van der Waals surface area contributed by atoms with E-state index in [0.717, 1.165) is 4.57 Å². The van der Waals surface area contributed by atoms with Crippen LogP contribution in [-0.2, 0) is 6.54 Å². The minimum Gasteiger partial charge on any atom is -0.384 e. The van der Waals surface area contributed by atoms with E-state index in [-0.39, 0.29) is 29.1 Å². The molecule has 4 rings (SSSR count). The standard InChI is InChI=1S/C20H15N5O4/c21-17-11-10-16-18(22-17)24(14-4-2-1-3-5-14)20(27)23(19(16)26)12-13-6-8-15(9-7-13)25(28)29/h1-11H,12H2,(H2,21,22). The molecule has 0 atom stereocenters. The number of anilines is 1. The van der Waals surface area contributed by atoms with Crippen LogP contribution in [0.25, 0.3) is 16.7 Å². The molecule has 0 spiro atoms. The van der Waals surface area contributed by atoms with E-state index in [1.165, 1.54) is 41.0 Å². The molecule has 0 saturated carbocycles. The summed E-state index contributed by atoms with van der Waals surface area (Å²) >= 11 is 0. The Morgan fingerprint density at radius 1 is 0.966 bits per heavy atom. The van der Waals surface area contributed by atoms with Gasteiger partial charge >= 0.3 is 5.69 Å². The fourth-order valence-electron chi connectivity index (χ4n) is 3.10. The number of rotatable bonds is 4. The molecule has 2 N–H and O–H groups in total. The van der Waals surface area contributed by atoms with Gasteiger partial charge in [-0.2, -0.15) is 0 Å². The third-order valence-electron chi connectivity index (χ3n) is 4.51. The number of para-hydroxylation sites is 1. The van der Waals surface area contributed by atoms with Crippen molar-refractivity contribution < 1.29 is 4.92 Å². The number of nitrogen functional groups attached to an aromatic ring is 1. The molecule has 2 aromatic heterocycles. The molecule has 0 unspecified atom stereocenters. The quantitative estimate of drug-likeness (QED) is 0.421. The lowest BCUT2D eigenvalue weighted by molar-refractivity contribution is -0.384. The van der Waals surface area contributed by atoms with Gasteiger partial charge in [-0.1, -0.05) is 30.3 Å². The van der Waals surface area contributed by atoms with E-state index in [1.54, 1.807) is 24.3 Å². The molecular formula is C20H15N5O4. The number of aromatic nitrogens is 3. The first-order valence-electron chi connectivity index (χ1n) is 8.66. The van der Waals surface area contributed by atoms with Gasteiger partial charge in [0.2, 0.25) is 0 Å². The largest absolute Gasteiger partial charge is 0.384 e. The zero-order valence-electron chi connectivity index (χ0n) is 15.1. The molecule has 9 heteroatoms. The van der Waals surface area contributed by atoms with Gasteiger partial charge in [0.1, 0.15) is 5.82 Å². The molecule has 0 aliphatic heterocycles. The fraction of sp³-hybridized carbons (Fsp3) is 0.0500. The van der Waals surface area contributed by atoms with E-state index in [1.807, 2.05) is 6.07 Å². The highest BCUT2D eigenvalue weighted by Crippen LogP contribution is 2.15. The maximum absolute atomic E-state index is 13.2. The van der Waals surface area contributed by atoms with Crippen molar-refractivity contribution in [1.82, 2.24) is 14.1 Å². The molecule has 0 amide bonds. The number of nitrogens with two attached hydrogens (primary N) is 1. The first-order valence-corrected chi connectivity index (χ1v) is 8.66. The zero-order chi connectivity index (χ0) is 20.5. The average Bonchev–Trinajstić information content (AvgIpc) is 2.72. The van der Waals surface area contributed by atoms with Crippen molar-refractivity contribution in [2.45, 2.75) is 6.54 Å². The van der Waals surface area contributed by atoms with Gasteiger partial charge in [0.15, 0.2) is 5.65 Å². The smallest absolute Gasteiger partial charge is 0.337 e. The first-order chi connectivity index (χ1) is 14.0. The SMILES string of the molecule is Nc1ccc2c(=O)n(Cc3ccc([N+](=O)[O-])cc3)c(=O)n(-c3ccccc3)c2n1. The molecule has 0 fully saturated rings. The van der Waals surface area contributed by atoms with E-state index in [4.69, 9.17) is 5.73 Å². The van der Waals surface area contributed by atoms with Crippen LogP contribution in [0.2, 0.25) is 0 Å². The van der Waals surface area contributed by atoms with E-state index >= 15 is 0 Å². The molecule has 4 aromatic rings. The Balaban J connectivity index is 1.95. The van der Waals surface area contributed by atoms with E-state index < -0.39 is 16.2 Å². The molecule has 144 valence electrons. The maximum Gasteiger partial charge on any atom is 0.337 e. The number of nitro groups is 1. The van der Waals surface area contributed by atoms with Crippen LogP contribution in [0.5, 0.6) is 0 Å². The third kappa shape index (κ3) is 3.25. The lowest BCUT2D eigenvalue weighted by Gasteiger charge is -2.14. The summed E-state index contributed by atoms with van der Waals surface area (Å²) in [5.74, 6) is 0.189. The first kappa shape index (κ1) is 18.1. The number of nitro benzene ring substituents is 1. The van der Waals surface area contributed by atoms with E-state index in [0.29, 0.717) is 11.3 Å². The van der Waals surface area contributed by atoms with Crippen LogP contribution in [0.3, 0.4) is 0 Å². The molecule has 0 radical (unpaired) electrons. The highest BCUT2D eigenvalue weighted by Gasteiger charge is 2.16. The van der Waals surface area contributed by atoms with Crippen LogP contribution in [0.15, 0.2) is 76.3 Å². The minimum absolute atomic E-state index is 0.0389. The number of pyridine rings is 1. The number of fused-ring (bicyclic) bond motifs is 1. The Morgan fingerprint density at radius 3 is 2.31 bits per heavy atom. The second kappa shape index (κ2) is 7.04. The van der Waals surface area contributed by atoms with Gasteiger partial charge in [-0.15, -0.1) is 0 Å². The second-order valence-corrected chi connectivity index (χ2v) is 6.38. The summed E-state index contributed by atoms with van der Waals surface area (Å²) in [6.07, 6.45) is 0. The summed E-state index contributed by atoms with van der Waals surface area (Å²) in [4.78, 5) is 40.7. The van der Waals surface area contributed by atoms with Gasteiger partial charge in [0.05, 0.1) is 22.5 Å². The topological polar surface area (TPSA) is 126 Å². The zero-order valence-corrected chi connectivity index (χ0v) is 15.1. The minimum atomic E-state index is -0.579. The predicted molar refractivity (Wildman–Crippen MR) is 108 cm³/mol. The Morgan fingerprint density at radius 2 is 1.66 bits per heavy atom. The van der Waals surface area contributed by atoms with Crippen LogP contribution < -0.4 is 17.0 Å². The summed E-state index contributed by atoms with van der Waals surface area (Å²) in [5, 5.41) is 11.1.